The van der Waals surface area contributed by atoms with E-state index in [-0.39, 0.29) is 6.04 Å². The van der Waals surface area contributed by atoms with Crippen molar-refractivity contribution in [1.82, 2.24) is 4.90 Å². The fourth-order valence-electron chi connectivity index (χ4n) is 1.84. The summed E-state index contributed by atoms with van der Waals surface area (Å²) in [5.74, 6) is 0.420. The summed E-state index contributed by atoms with van der Waals surface area (Å²) in [5, 5.41) is 17.2. The molecule has 2 unspecified atom stereocenters. The highest BCUT2D eigenvalue weighted by atomic mass is 15.1. The van der Waals surface area contributed by atoms with Gasteiger partial charge >= 0.3 is 0 Å². The average Bonchev–Trinajstić information content (AvgIpc) is 2.37. The van der Waals surface area contributed by atoms with Crippen molar-refractivity contribution in [2.24, 2.45) is 17.4 Å². The Labute approximate surface area is 110 Å². The molecule has 0 spiro atoms. The molecule has 5 nitrogen and oxygen atoms in total. The third-order valence-corrected chi connectivity index (χ3v) is 3.21. The number of hydrogen-bond donors (Lipinski definition) is 2. The highest BCUT2D eigenvalue weighted by molar-refractivity contribution is 4.78. The predicted octanol–water partition coefficient (Wildman–Crippen LogP) is 0.818. The van der Waals surface area contributed by atoms with Gasteiger partial charge in [-0.3, -0.25) is 0 Å². The number of nitrogens with two attached hydrogens (primary N) is 2. The zero-order chi connectivity index (χ0) is 13.8. The SMILES string of the molecule is CC(CCN)C(N)CCN(CCC#N)CCC#N. The molecule has 0 fully saturated rings. The van der Waals surface area contributed by atoms with Gasteiger partial charge in [-0.05, 0) is 31.8 Å². The van der Waals surface area contributed by atoms with E-state index in [4.69, 9.17) is 22.0 Å². The molecule has 0 aliphatic rings. The molecule has 18 heavy (non-hydrogen) atoms. The Balaban J connectivity index is 4.00. The molecule has 0 aromatic rings. The maximum Gasteiger partial charge on any atom is 0.0635 e. The first-order valence-electron chi connectivity index (χ1n) is 6.57. The molecule has 0 bridgehead atoms. The molecule has 0 saturated carbocycles. The second kappa shape index (κ2) is 11.0. The lowest BCUT2D eigenvalue weighted by molar-refractivity contribution is 0.259. The highest BCUT2D eigenvalue weighted by Crippen LogP contribution is 2.09. The minimum Gasteiger partial charge on any atom is -0.330 e. The van der Waals surface area contributed by atoms with E-state index >= 15 is 0 Å². The molecule has 0 amide bonds. The lowest BCUT2D eigenvalue weighted by Crippen LogP contribution is -2.36. The van der Waals surface area contributed by atoms with Crippen LogP contribution in [0.25, 0.3) is 0 Å². The van der Waals surface area contributed by atoms with Gasteiger partial charge in [0.1, 0.15) is 0 Å². The van der Waals surface area contributed by atoms with Crippen LogP contribution in [0, 0.1) is 28.6 Å². The minimum atomic E-state index is 0.139. The lowest BCUT2D eigenvalue weighted by atomic mass is 9.96. The van der Waals surface area contributed by atoms with Crippen molar-refractivity contribution >= 4 is 0 Å². The number of hydrogen-bond acceptors (Lipinski definition) is 5. The van der Waals surface area contributed by atoms with E-state index in [2.05, 4.69) is 24.0 Å². The molecule has 0 aliphatic heterocycles. The molecule has 0 saturated heterocycles. The van der Waals surface area contributed by atoms with Gasteiger partial charge in [-0.2, -0.15) is 10.5 Å². The second-order valence-corrected chi connectivity index (χ2v) is 4.67. The van der Waals surface area contributed by atoms with Crippen molar-refractivity contribution in [3.63, 3.8) is 0 Å². The summed E-state index contributed by atoms with van der Waals surface area (Å²) in [4.78, 5) is 2.14. The summed E-state index contributed by atoms with van der Waals surface area (Å²) in [6.45, 7) is 5.07. The molecule has 0 radical (unpaired) electrons. The summed E-state index contributed by atoms with van der Waals surface area (Å²) in [6, 6.07) is 4.40. The van der Waals surface area contributed by atoms with Gasteiger partial charge in [-0.1, -0.05) is 6.92 Å². The van der Waals surface area contributed by atoms with Crippen LogP contribution in [-0.2, 0) is 0 Å². The molecule has 5 heteroatoms. The van der Waals surface area contributed by atoms with Crippen LogP contribution in [0.3, 0.4) is 0 Å². The van der Waals surface area contributed by atoms with Gasteiger partial charge in [0.2, 0.25) is 0 Å². The van der Waals surface area contributed by atoms with E-state index in [1.165, 1.54) is 0 Å². The Morgan fingerprint density at radius 3 is 2.06 bits per heavy atom. The van der Waals surface area contributed by atoms with E-state index < -0.39 is 0 Å². The topological polar surface area (TPSA) is 103 Å². The van der Waals surface area contributed by atoms with Crippen molar-refractivity contribution in [2.45, 2.75) is 38.6 Å². The predicted molar refractivity (Wildman–Crippen MR) is 72.3 cm³/mol. The molecule has 0 aliphatic carbocycles. The smallest absolute Gasteiger partial charge is 0.0635 e. The number of nitrogens with zero attached hydrogens (tertiary/aromatic N) is 3. The second-order valence-electron chi connectivity index (χ2n) is 4.67. The highest BCUT2D eigenvalue weighted by Gasteiger charge is 2.13. The van der Waals surface area contributed by atoms with E-state index in [9.17, 15) is 0 Å². The molecule has 0 aromatic heterocycles. The largest absolute Gasteiger partial charge is 0.330 e. The van der Waals surface area contributed by atoms with Crippen LogP contribution in [0.15, 0.2) is 0 Å². The first-order chi connectivity index (χ1) is 8.65. The van der Waals surface area contributed by atoms with Crippen LogP contribution in [0.1, 0.15) is 32.6 Å². The van der Waals surface area contributed by atoms with Crippen molar-refractivity contribution < 1.29 is 0 Å². The van der Waals surface area contributed by atoms with Crippen molar-refractivity contribution in [2.75, 3.05) is 26.2 Å². The van der Waals surface area contributed by atoms with Crippen molar-refractivity contribution in [1.29, 1.82) is 10.5 Å². The van der Waals surface area contributed by atoms with Gasteiger partial charge in [-0.25, -0.2) is 0 Å². The molecular formula is C13H25N5. The van der Waals surface area contributed by atoms with E-state index in [1.54, 1.807) is 0 Å². The van der Waals surface area contributed by atoms with Crippen LogP contribution < -0.4 is 11.5 Å². The Hall–Kier alpha value is -1.14. The molecule has 102 valence electrons. The molecule has 0 heterocycles. The van der Waals surface area contributed by atoms with E-state index in [0.717, 1.165) is 32.5 Å². The summed E-state index contributed by atoms with van der Waals surface area (Å²) in [7, 11) is 0. The maximum absolute atomic E-state index is 8.60. The molecule has 0 aromatic carbocycles. The van der Waals surface area contributed by atoms with Gasteiger partial charge in [0, 0.05) is 32.0 Å². The van der Waals surface area contributed by atoms with Gasteiger partial charge in [-0.15, -0.1) is 0 Å². The fraction of sp³-hybridized carbons (Fsp3) is 0.846. The van der Waals surface area contributed by atoms with Gasteiger partial charge in [0.25, 0.3) is 0 Å². The van der Waals surface area contributed by atoms with Crippen LogP contribution in [0.4, 0.5) is 0 Å². The molecule has 4 N–H and O–H groups in total. The third-order valence-electron chi connectivity index (χ3n) is 3.21. The zero-order valence-electron chi connectivity index (χ0n) is 11.3. The third kappa shape index (κ3) is 8.03. The number of nitriles is 2. The van der Waals surface area contributed by atoms with Gasteiger partial charge in [0.15, 0.2) is 0 Å². The Kier molecular flexibility index (Phi) is 10.3. The normalized spacial score (nSPS) is 13.9. The van der Waals surface area contributed by atoms with Crippen molar-refractivity contribution in [3.05, 3.63) is 0 Å². The summed E-state index contributed by atoms with van der Waals surface area (Å²) >= 11 is 0. The maximum atomic E-state index is 8.60. The Bertz CT molecular complexity index is 260. The van der Waals surface area contributed by atoms with Crippen LogP contribution >= 0.6 is 0 Å². The Morgan fingerprint density at radius 1 is 1.06 bits per heavy atom. The summed E-state index contributed by atoms with van der Waals surface area (Å²) in [6.07, 6.45) is 2.83. The van der Waals surface area contributed by atoms with E-state index in [1.807, 2.05) is 0 Å². The molecule has 0 rings (SSSR count). The van der Waals surface area contributed by atoms with Crippen LogP contribution in [0.2, 0.25) is 0 Å². The fourth-order valence-corrected chi connectivity index (χ4v) is 1.84. The van der Waals surface area contributed by atoms with Crippen LogP contribution in [-0.4, -0.2) is 37.1 Å². The Morgan fingerprint density at radius 2 is 1.61 bits per heavy atom. The van der Waals surface area contributed by atoms with Gasteiger partial charge < -0.3 is 16.4 Å². The molecular weight excluding hydrogens is 226 g/mol. The zero-order valence-corrected chi connectivity index (χ0v) is 11.3. The first-order valence-corrected chi connectivity index (χ1v) is 6.57. The minimum absolute atomic E-state index is 0.139. The number of rotatable bonds is 10. The first kappa shape index (κ1) is 16.9. The average molecular weight is 251 g/mol. The van der Waals surface area contributed by atoms with Gasteiger partial charge in [0.05, 0.1) is 12.1 Å². The molecule has 2 atom stereocenters. The lowest BCUT2D eigenvalue weighted by Gasteiger charge is -2.24. The summed E-state index contributed by atoms with van der Waals surface area (Å²) in [5.41, 5.74) is 11.6. The quantitative estimate of drug-likeness (QED) is 0.598. The van der Waals surface area contributed by atoms with Crippen molar-refractivity contribution in [3.8, 4) is 12.1 Å². The monoisotopic (exact) mass is 251 g/mol. The summed E-state index contributed by atoms with van der Waals surface area (Å²) < 4.78 is 0. The van der Waals surface area contributed by atoms with Crippen LogP contribution in [0.5, 0.6) is 0 Å². The van der Waals surface area contributed by atoms with E-state index in [0.29, 0.717) is 25.3 Å². The standard InChI is InChI=1S/C13H25N5/c1-12(4-8-16)13(17)5-11-18(9-2-6-14)10-3-7-15/h12-13H,2-5,8-11,16-17H2,1H3.